The van der Waals surface area contributed by atoms with Crippen LogP contribution in [0.25, 0.3) is 5.65 Å². The van der Waals surface area contributed by atoms with Crippen molar-refractivity contribution in [2.24, 2.45) is 29.1 Å². The first-order valence-corrected chi connectivity index (χ1v) is 17.1. The predicted molar refractivity (Wildman–Crippen MR) is 192 cm³/mol. The first-order chi connectivity index (χ1) is 23.4. The highest BCUT2D eigenvalue weighted by atomic mass is 16.5. The van der Waals surface area contributed by atoms with Gasteiger partial charge in [0.2, 0.25) is 5.95 Å². The minimum absolute atomic E-state index is 0.173. The monoisotopic (exact) mass is 667 g/mol. The van der Waals surface area contributed by atoms with E-state index in [-0.39, 0.29) is 23.6 Å². The molecule has 1 aromatic carbocycles. The van der Waals surface area contributed by atoms with Crippen LogP contribution in [0.3, 0.4) is 0 Å². The van der Waals surface area contributed by atoms with Crippen LogP contribution in [0.5, 0.6) is 5.75 Å². The summed E-state index contributed by atoms with van der Waals surface area (Å²) in [6, 6.07) is 11.5. The lowest BCUT2D eigenvalue weighted by atomic mass is 9.85. The summed E-state index contributed by atoms with van der Waals surface area (Å²) in [5, 5.41) is 19.2. The van der Waals surface area contributed by atoms with Gasteiger partial charge in [-0.05, 0) is 69.0 Å². The Balaban J connectivity index is 1.15. The van der Waals surface area contributed by atoms with E-state index in [0.717, 1.165) is 67.4 Å². The lowest BCUT2D eigenvalue weighted by Gasteiger charge is -2.33. The number of nitrogens with one attached hydrogen (secondary N) is 2. The molecule has 0 saturated carbocycles. The number of aliphatic imine (C=N–C) groups is 1. The van der Waals surface area contributed by atoms with Crippen LogP contribution in [0.4, 0.5) is 16.4 Å². The second-order valence-electron chi connectivity index (χ2n) is 14.5. The van der Waals surface area contributed by atoms with E-state index in [1.165, 1.54) is 0 Å². The zero-order chi connectivity index (χ0) is 34.7. The fraction of sp³-hybridized carbons (Fsp3) is 0.472. The average Bonchev–Trinajstić information content (AvgIpc) is 3.67. The molecule has 0 radical (unpaired) electrons. The number of piperidine rings is 1. The molecule has 6 rings (SSSR count). The number of pyridine rings is 1. The van der Waals surface area contributed by atoms with Gasteiger partial charge in [-0.3, -0.25) is 14.4 Å². The summed E-state index contributed by atoms with van der Waals surface area (Å²) in [6.45, 7) is 9.06. The highest BCUT2D eigenvalue weighted by Crippen LogP contribution is 2.39. The van der Waals surface area contributed by atoms with E-state index >= 15 is 0 Å². The molecule has 13 heteroatoms. The van der Waals surface area contributed by atoms with Crippen LogP contribution >= 0.6 is 0 Å². The van der Waals surface area contributed by atoms with E-state index in [9.17, 15) is 4.79 Å². The number of urea groups is 1. The third-order valence-corrected chi connectivity index (χ3v) is 9.24. The van der Waals surface area contributed by atoms with Gasteiger partial charge in [0.05, 0.1) is 24.6 Å². The van der Waals surface area contributed by atoms with Gasteiger partial charge in [0, 0.05) is 43.9 Å². The molecule has 2 atom stereocenters. The van der Waals surface area contributed by atoms with Crippen molar-refractivity contribution in [3.05, 3.63) is 77.9 Å². The first kappa shape index (κ1) is 34.0. The van der Waals surface area contributed by atoms with Gasteiger partial charge in [-0.25, -0.2) is 9.79 Å². The van der Waals surface area contributed by atoms with Crippen molar-refractivity contribution in [2.75, 3.05) is 38.6 Å². The molecular weight excluding hydrogens is 618 g/mol. The third-order valence-electron chi connectivity index (χ3n) is 9.24. The van der Waals surface area contributed by atoms with Gasteiger partial charge in [0.25, 0.3) is 0 Å². The number of amides is 2. The molecule has 1 aliphatic carbocycles. The zero-order valence-electron chi connectivity index (χ0n) is 29.4. The summed E-state index contributed by atoms with van der Waals surface area (Å²) in [6.07, 6.45) is 10.6. The molecular formula is C36H49N11O2. The molecule has 1 aliphatic heterocycles. The molecule has 260 valence electrons. The molecule has 1 fully saturated rings. The Morgan fingerprint density at radius 2 is 1.82 bits per heavy atom. The van der Waals surface area contributed by atoms with Crippen molar-refractivity contribution in [1.82, 2.24) is 39.9 Å². The maximum absolute atomic E-state index is 13.4. The van der Waals surface area contributed by atoms with Crippen molar-refractivity contribution in [1.29, 1.82) is 0 Å². The molecule has 4 heterocycles. The number of carbonyl (C=O) groups excluding carboxylic acids is 1. The van der Waals surface area contributed by atoms with Crippen LogP contribution in [0.2, 0.25) is 0 Å². The van der Waals surface area contributed by atoms with E-state index in [0.29, 0.717) is 29.6 Å². The van der Waals surface area contributed by atoms with Gasteiger partial charge >= 0.3 is 6.03 Å². The molecule has 1 saturated heterocycles. The minimum Gasteiger partial charge on any atom is -0.484 e. The number of hydrogen-bond acceptors (Lipinski definition) is 9. The van der Waals surface area contributed by atoms with E-state index in [1.807, 2.05) is 62.7 Å². The number of hydrogen-bond donors (Lipinski definition) is 3. The smallest absolute Gasteiger partial charge is 0.320 e. The molecule has 2 aliphatic rings. The van der Waals surface area contributed by atoms with Gasteiger partial charge in [0.15, 0.2) is 5.65 Å². The van der Waals surface area contributed by atoms with Crippen molar-refractivity contribution in [3.63, 3.8) is 0 Å². The second-order valence-corrected chi connectivity index (χ2v) is 14.5. The Kier molecular flexibility index (Phi) is 9.91. The normalized spacial score (nSPS) is 19.3. The van der Waals surface area contributed by atoms with Crippen molar-refractivity contribution in [2.45, 2.75) is 58.6 Å². The SMILES string of the molecule is CN(C)CC1CCN(c2nnc3ccc(O[C@@H]4CC[C@H](NC(=O)NC(C=C(N)C(C)(C)C)=Nc5cnn(C)c5)c5ccccc54)cn23)CC1. The van der Waals surface area contributed by atoms with Crippen molar-refractivity contribution in [3.8, 4) is 5.75 Å². The number of fused-ring (bicyclic) bond motifs is 2. The van der Waals surface area contributed by atoms with E-state index < -0.39 is 0 Å². The number of anilines is 1. The summed E-state index contributed by atoms with van der Waals surface area (Å²) in [5.41, 5.74) is 10.1. The Morgan fingerprint density at radius 1 is 1.06 bits per heavy atom. The van der Waals surface area contributed by atoms with Crippen LogP contribution in [-0.4, -0.2) is 74.9 Å². The average molecular weight is 668 g/mol. The number of nitrogens with two attached hydrogens (primary N) is 1. The van der Waals surface area contributed by atoms with Crippen LogP contribution in [-0.2, 0) is 7.05 Å². The summed E-state index contributed by atoms with van der Waals surface area (Å²) in [5.74, 6) is 2.64. The topological polar surface area (TPSA) is 143 Å². The molecule has 4 aromatic rings. The summed E-state index contributed by atoms with van der Waals surface area (Å²) in [4.78, 5) is 22.6. The molecule has 0 spiro atoms. The molecule has 49 heavy (non-hydrogen) atoms. The minimum atomic E-state index is -0.365. The summed E-state index contributed by atoms with van der Waals surface area (Å²) < 4.78 is 10.3. The zero-order valence-corrected chi connectivity index (χ0v) is 29.4. The molecule has 13 nitrogen and oxygen atoms in total. The number of rotatable bonds is 8. The highest BCUT2D eigenvalue weighted by Gasteiger charge is 2.30. The number of aryl methyl sites for hydroxylation is 1. The lowest BCUT2D eigenvalue weighted by Crippen LogP contribution is -2.42. The fourth-order valence-corrected chi connectivity index (χ4v) is 6.54. The van der Waals surface area contributed by atoms with Crippen molar-refractivity contribution < 1.29 is 9.53 Å². The molecule has 0 bridgehead atoms. The molecule has 3 aromatic heterocycles. The van der Waals surface area contributed by atoms with Gasteiger partial charge in [0.1, 0.15) is 23.4 Å². The fourth-order valence-electron chi connectivity index (χ4n) is 6.54. The number of carbonyl (C=O) groups is 1. The van der Waals surface area contributed by atoms with E-state index in [4.69, 9.17) is 10.5 Å². The molecule has 4 N–H and O–H groups in total. The molecule has 0 unspecified atom stereocenters. The van der Waals surface area contributed by atoms with Crippen LogP contribution in [0, 0.1) is 11.3 Å². The number of amidine groups is 1. The Morgan fingerprint density at radius 3 is 2.51 bits per heavy atom. The first-order valence-electron chi connectivity index (χ1n) is 17.1. The van der Waals surface area contributed by atoms with E-state index in [2.05, 4.69) is 66.9 Å². The second kappa shape index (κ2) is 14.3. The Bertz CT molecular complexity index is 1830. The maximum Gasteiger partial charge on any atom is 0.320 e. The quantitative estimate of drug-likeness (QED) is 0.174. The van der Waals surface area contributed by atoms with Crippen molar-refractivity contribution >= 4 is 29.1 Å². The Labute approximate surface area is 288 Å². The van der Waals surface area contributed by atoms with E-state index in [1.54, 1.807) is 23.2 Å². The predicted octanol–water partition coefficient (Wildman–Crippen LogP) is 5.11. The van der Waals surface area contributed by atoms with Crippen LogP contribution in [0.1, 0.15) is 69.7 Å². The van der Waals surface area contributed by atoms with Gasteiger partial charge in [-0.15, -0.1) is 10.2 Å². The Hall–Kier alpha value is -4.91. The summed E-state index contributed by atoms with van der Waals surface area (Å²) in [7, 11) is 6.09. The number of allylic oxidation sites excluding steroid dienone is 1. The number of nitrogens with zero attached hydrogens (tertiary/aromatic N) is 8. The lowest BCUT2D eigenvalue weighted by molar-refractivity contribution is 0.171. The number of benzene rings is 1. The number of aromatic nitrogens is 5. The summed E-state index contributed by atoms with van der Waals surface area (Å²) >= 11 is 0. The van der Waals surface area contributed by atoms with Crippen LogP contribution in [0.15, 0.2) is 71.8 Å². The largest absolute Gasteiger partial charge is 0.484 e. The highest BCUT2D eigenvalue weighted by molar-refractivity contribution is 6.05. The standard InChI is InChI=1S/C36H49N11O2/c1-36(2,3)31(37)19-32(39-25-20-38-45(6)22-25)41-34(48)40-29-12-13-30(28-10-8-7-9-27(28)29)49-26-11-14-33-42-43-35(47(33)23-26)46-17-15-24(16-18-46)21-44(4)5/h7-11,14,19-20,22-24,29-30H,12-13,15-18,21,37H2,1-6H3,(H2,39,40,41,48)/t29-,30+/m0/s1. The number of ether oxygens (including phenoxy) is 1. The van der Waals surface area contributed by atoms with Gasteiger partial charge in [-0.1, -0.05) is 45.0 Å². The van der Waals surface area contributed by atoms with Gasteiger partial charge in [-0.2, -0.15) is 5.10 Å². The third kappa shape index (κ3) is 8.22. The maximum atomic E-state index is 13.4. The van der Waals surface area contributed by atoms with Gasteiger partial charge < -0.3 is 25.6 Å². The van der Waals surface area contributed by atoms with Crippen LogP contribution < -0.4 is 26.0 Å². The molecule has 2 amide bonds.